The molecule has 110 valence electrons. The molecule has 2 aromatic rings. The van der Waals surface area contributed by atoms with Gasteiger partial charge >= 0.3 is 0 Å². The molecule has 1 aromatic heterocycles. The predicted molar refractivity (Wildman–Crippen MR) is 82.4 cm³/mol. The molecule has 0 atom stereocenters. The van der Waals surface area contributed by atoms with Gasteiger partial charge in [0.05, 0.1) is 17.6 Å². The first-order valence-corrected chi connectivity index (χ1v) is 7.09. The van der Waals surface area contributed by atoms with Crippen LogP contribution >= 0.6 is 0 Å². The summed E-state index contributed by atoms with van der Waals surface area (Å²) >= 11 is 0. The van der Waals surface area contributed by atoms with E-state index in [1.807, 2.05) is 42.2 Å². The third kappa shape index (κ3) is 2.59. The Balaban J connectivity index is 1.67. The number of benzene rings is 1. The minimum atomic E-state index is -0.0295. The number of hydrogen-bond acceptors (Lipinski definition) is 4. The van der Waals surface area contributed by atoms with Gasteiger partial charge in [-0.2, -0.15) is 0 Å². The maximum atomic E-state index is 12.4. The molecule has 1 aliphatic rings. The largest absolute Gasteiger partial charge is 0.459 e. The van der Waals surface area contributed by atoms with Gasteiger partial charge < -0.3 is 20.0 Å². The van der Waals surface area contributed by atoms with E-state index >= 15 is 0 Å². The lowest BCUT2D eigenvalue weighted by molar-refractivity contribution is 0.0714. The van der Waals surface area contributed by atoms with Crippen LogP contribution in [-0.2, 0) is 0 Å². The molecule has 1 fully saturated rings. The van der Waals surface area contributed by atoms with Gasteiger partial charge in [-0.25, -0.2) is 0 Å². The van der Waals surface area contributed by atoms with Gasteiger partial charge in [0.2, 0.25) is 0 Å². The average Bonchev–Trinajstić information content (AvgIpc) is 2.93. The summed E-state index contributed by atoms with van der Waals surface area (Å²) in [4.78, 5) is 16.4. The normalized spacial score (nSPS) is 15.3. The summed E-state index contributed by atoms with van der Waals surface area (Å²) in [5.41, 5.74) is 8.71. The highest BCUT2D eigenvalue weighted by Gasteiger charge is 2.25. The molecule has 5 heteroatoms. The van der Waals surface area contributed by atoms with Gasteiger partial charge in [0.15, 0.2) is 5.76 Å². The molecule has 1 aromatic carbocycles. The van der Waals surface area contributed by atoms with Crippen LogP contribution < -0.4 is 10.6 Å². The van der Waals surface area contributed by atoms with Gasteiger partial charge in [-0.1, -0.05) is 12.1 Å². The van der Waals surface area contributed by atoms with Crippen molar-refractivity contribution in [2.45, 2.75) is 6.92 Å². The van der Waals surface area contributed by atoms with E-state index in [9.17, 15) is 4.79 Å². The molecule has 0 spiro atoms. The zero-order valence-corrected chi connectivity index (χ0v) is 12.1. The summed E-state index contributed by atoms with van der Waals surface area (Å²) in [6.45, 7) is 4.79. The molecule has 1 saturated heterocycles. The Morgan fingerprint density at radius 1 is 1.14 bits per heavy atom. The van der Waals surface area contributed by atoms with E-state index in [2.05, 4.69) is 4.90 Å². The van der Waals surface area contributed by atoms with Crippen molar-refractivity contribution in [3.63, 3.8) is 0 Å². The van der Waals surface area contributed by atoms with E-state index in [4.69, 9.17) is 10.2 Å². The monoisotopic (exact) mass is 285 g/mol. The van der Waals surface area contributed by atoms with Gasteiger partial charge in [-0.3, -0.25) is 4.79 Å². The van der Waals surface area contributed by atoms with Crippen LogP contribution in [0.2, 0.25) is 0 Å². The first-order chi connectivity index (χ1) is 10.2. The number of carbonyl (C=O) groups is 1. The lowest BCUT2D eigenvalue weighted by Gasteiger charge is -2.36. The number of furan rings is 1. The number of rotatable bonds is 2. The van der Waals surface area contributed by atoms with E-state index in [0.717, 1.165) is 30.0 Å². The second kappa shape index (κ2) is 5.52. The Morgan fingerprint density at radius 2 is 1.86 bits per heavy atom. The van der Waals surface area contributed by atoms with E-state index < -0.39 is 0 Å². The first-order valence-electron chi connectivity index (χ1n) is 7.09. The second-order valence-electron chi connectivity index (χ2n) is 5.27. The van der Waals surface area contributed by atoms with Crippen LogP contribution in [0.25, 0.3) is 0 Å². The van der Waals surface area contributed by atoms with Crippen molar-refractivity contribution in [3.05, 3.63) is 47.9 Å². The minimum Gasteiger partial charge on any atom is -0.459 e. The van der Waals surface area contributed by atoms with Crippen LogP contribution in [0.3, 0.4) is 0 Å². The molecule has 0 unspecified atom stereocenters. The lowest BCUT2D eigenvalue weighted by atomic mass is 10.2. The fourth-order valence-corrected chi connectivity index (χ4v) is 2.66. The van der Waals surface area contributed by atoms with Gasteiger partial charge in [-0.05, 0) is 25.1 Å². The highest BCUT2D eigenvalue weighted by Crippen LogP contribution is 2.24. The molecule has 5 nitrogen and oxygen atoms in total. The Morgan fingerprint density at radius 3 is 2.48 bits per heavy atom. The standard InChI is InChI=1S/C16H19N3O2/c1-12-6-11-21-15(12)16(20)19-9-7-18(8-10-19)14-5-3-2-4-13(14)17/h2-6,11H,7-10,17H2,1H3. The van der Waals surface area contributed by atoms with Gasteiger partial charge in [0, 0.05) is 31.7 Å². The Kier molecular flexibility index (Phi) is 3.56. The molecule has 1 amide bonds. The van der Waals surface area contributed by atoms with Crippen molar-refractivity contribution in [2.24, 2.45) is 0 Å². The number of nitrogens with zero attached hydrogens (tertiary/aromatic N) is 2. The Hall–Kier alpha value is -2.43. The summed E-state index contributed by atoms with van der Waals surface area (Å²) in [6.07, 6.45) is 1.56. The van der Waals surface area contributed by atoms with E-state index in [1.54, 1.807) is 6.26 Å². The summed E-state index contributed by atoms with van der Waals surface area (Å²) < 4.78 is 5.29. The predicted octanol–water partition coefficient (Wildman–Crippen LogP) is 2.13. The Labute approximate surface area is 123 Å². The Bertz CT molecular complexity index is 642. The number of nitrogens with two attached hydrogens (primary N) is 1. The summed E-state index contributed by atoms with van der Waals surface area (Å²) in [6, 6.07) is 9.64. The van der Waals surface area contributed by atoms with E-state index in [0.29, 0.717) is 18.8 Å². The lowest BCUT2D eigenvalue weighted by Crippen LogP contribution is -2.49. The SMILES string of the molecule is Cc1ccoc1C(=O)N1CCN(c2ccccc2N)CC1. The smallest absolute Gasteiger partial charge is 0.289 e. The number of para-hydroxylation sites is 2. The van der Waals surface area contributed by atoms with Crippen molar-refractivity contribution in [2.75, 3.05) is 36.8 Å². The molecule has 21 heavy (non-hydrogen) atoms. The number of anilines is 2. The fourth-order valence-electron chi connectivity index (χ4n) is 2.66. The van der Waals surface area contributed by atoms with Gasteiger partial charge in [-0.15, -0.1) is 0 Å². The number of nitrogen functional groups attached to an aromatic ring is 1. The van der Waals surface area contributed by atoms with Crippen molar-refractivity contribution >= 4 is 17.3 Å². The number of piperazine rings is 1. The second-order valence-corrected chi connectivity index (χ2v) is 5.27. The van der Waals surface area contributed by atoms with Crippen LogP contribution in [-0.4, -0.2) is 37.0 Å². The van der Waals surface area contributed by atoms with Crippen LogP contribution in [0.15, 0.2) is 41.0 Å². The topological polar surface area (TPSA) is 62.7 Å². The molecule has 0 aliphatic carbocycles. The maximum absolute atomic E-state index is 12.4. The van der Waals surface area contributed by atoms with Crippen LogP contribution in [0.5, 0.6) is 0 Å². The van der Waals surface area contributed by atoms with E-state index in [-0.39, 0.29) is 5.91 Å². The molecule has 2 heterocycles. The average molecular weight is 285 g/mol. The quantitative estimate of drug-likeness (QED) is 0.859. The molecule has 0 saturated carbocycles. The number of amides is 1. The molecule has 2 N–H and O–H groups in total. The highest BCUT2D eigenvalue weighted by molar-refractivity contribution is 5.93. The maximum Gasteiger partial charge on any atom is 0.289 e. The number of aryl methyl sites for hydroxylation is 1. The number of hydrogen-bond donors (Lipinski definition) is 1. The molecule has 1 aliphatic heterocycles. The van der Waals surface area contributed by atoms with Crippen LogP contribution in [0, 0.1) is 6.92 Å². The number of carbonyl (C=O) groups excluding carboxylic acids is 1. The molecular formula is C16H19N3O2. The van der Waals surface area contributed by atoms with Crippen LogP contribution in [0.1, 0.15) is 16.1 Å². The summed E-state index contributed by atoms with van der Waals surface area (Å²) in [7, 11) is 0. The fraction of sp³-hybridized carbons (Fsp3) is 0.312. The van der Waals surface area contributed by atoms with Crippen molar-refractivity contribution in [3.8, 4) is 0 Å². The van der Waals surface area contributed by atoms with Gasteiger partial charge in [0.1, 0.15) is 0 Å². The molecule has 3 rings (SSSR count). The van der Waals surface area contributed by atoms with E-state index in [1.165, 1.54) is 0 Å². The third-order valence-corrected chi connectivity index (χ3v) is 3.90. The van der Waals surface area contributed by atoms with Gasteiger partial charge in [0.25, 0.3) is 5.91 Å². The third-order valence-electron chi connectivity index (χ3n) is 3.90. The van der Waals surface area contributed by atoms with Crippen molar-refractivity contribution in [1.29, 1.82) is 0 Å². The zero-order valence-electron chi connectivity index (χ0n) is 12.1. The highest BCUT2D eigenvalue weighted by atomic mass is 16.3. The van der Waals surface area contributed by atoms with Crippen molar-refractivity contribution in [1.82, 2.24) is 4.90 Å². The first kappa shape index (κ1) is 13.5. The molecular weight excluding hydrogens is 266 g/mol. The summed E-state index contributed by atoms with van der Waals surface area (Å²) in [5, 5.41) is 0. The van der Waals surface area contributed by atoms with Crippen LogP contribution in [0.4, 0.5) is 11.4 Å². The minimum absolute atomic E-state index is 0.0295. The molecule has 0 radical (unpaired) electrons. The molecule has 0 bridgehead atoms. The van der Waals surface area contributed by atoms with Crippen molar-refractivity contribution < 1.29 is 9.21 Å². The zero-order chi connectivity index (χ0) is 14.8. The summed E-state index contributed by atoms with van der Waals surface area (Å²) in [5.74, 6) is 0.417.